The monoisotopic (exact) mass is 487 g/mol. The van der Waals surface area contributed by atoms with E-state index in [0.717, 1.165) is 63.5 Å². The van der Waals surface area contributed by atoms with Gasteiger partial charge >= 0.3 is 0 Å². The Morgan fingerprint density at radius 2 is 1.83 bits per heavy atom. The summed E-state index contributed by atoms with van der Waals surface area (Å²) >= 11 is 0. The summed E-state index contributed by atoms with van der Waals surface area (Å²) in [5.41, 5.74) is 6.42. The lowest BCUT2D eigenvalue weighted by molar-refractivity contribution is -0.211. The van der Waals surface area contributed by atoms with Crippen molar-refractivity contribution in [3.8, 4) is 0 Å². The number of fused-ring (bicyclic) bond motifs is 5. The minimum atomic E-state index is -0.529. The Kier molecular flexibility index (Phi) is 7.44. The van der Waals surface area contributed by atoms with Crippen LogP contribution in [-0.4, -0.2) is 71.2 Å². The van der Waals surface area contributed by atoms with Gasteiger partial charge in [-0.2, -0.15) is 5.10 Å². The van der Waals surface area contributed by atoms with Crippen molar-refractivity contribution >= 4 is 12.2 Å². The van der Waals surface area contributed by atoms with Crippen LogP contribution in [0.2, 0.25) is 0 Å². The van der Waals surface area contributed by atoms with E-state index < -0.39 is 5.60 Å². The Morgan fingerprint density at radius 1 is 1.09 bits per heavy atom. The largest absolute Gasteiger partial charge is 0.393 e. The van der Waals surface area contributed by atoms with Gasteiger partial charge in [0.2, 0.25) is 5.96 Å². The van der Waals surface area contributed by atoms with Gasteiger partial charge in [-0.3, -0.25) is 5.41 Å². The molecule has 4 saturated carbocycles. The molecule has 0 aromatic carbocycles. The molecule has 0 spiro atoms. The third-order valence-corrected chi connectivity index (χ3v) is 10.7. The Balaban J connectivity index is 1.59. The van der Waals surface area contributed by atoms with Crippen LogP contribution >= 0.6 is 0 Å². The van der Waals surface area contributed by atoms with Gasteiger partial charge in [-0.15, -0.1) is 0 Å². The van der Waals surface area contributed by atoms with Gasteiger partial charge in [0.15, 0.2) is 0 Å². The molecule has 0 saturated heterocycles. The molecule has 0 amide bonds. The lowest BCUT2D eigenvalue weighted by Gasteiger charge is -2.64. The Morgan fingerprint density at radius 3 is 2.51 bits per heavy atom. The van der Waals surface area contributed by atoms with Crippen molar-refractivity contribution in [2.45, 2.75) is 90.3 Å². The zero-order valence-corrected chi connectivity index (χ0v) is 22.6. The first-order valence-electron chi connectivity index (χ1n) is 13.8. The maximum atomic E-state index is 12.1. The van der Waals surface area contributed by atoms with Crippen LogP contribution in [0, 0.1) is 39.9 Å². The fourth-order valence-electron chi connectivity index (χ4n) is 8.65. The predicted octanol–water partition coefficient (Wildman–Crippen LogP) is 3.81. The zero-order valence-electron chi connectivity index (χ0n) is 22.6. The lowest BCUT2D eigenvalue weighted by Crippen LogP contribution is -2.62. The van der Waals surface area contributed by atoms with E-state index in [-0.39, 0.29) is 28.8 Å². The van der Waals surface area contributed by atoms with Crippen LogP contribution in [0.3, 0.4) is 0 Å². The van der Waals surface area contributed by atoms with Crippen molar-refractivity contribution in [3.05, 3.63) is 11.6 Å². The number of nitrogens with one attached hydrogen (secondary N) is 1. The Hall–Kier alpha value is -1.44. The molecule has 198 valence electrons. The molecule has 0 bridgehead atoms. The molecule has 7 nitrogen and oxygen atoms in total. The fourth-order valence-corrected chi connectivity index (χ4v) is 8.65. The Bertz CT molecular complexity index is 858. The summed E-state index contributed by atoms with van der Waals surface area (Å²) in [4.78, 5) is 2.05. The molecule has 7 heteroatoms. The molecule has 0 aliphatic heterocycles. The second-order valence-electron chi connectivity index (χ2n) is 12.9. The van der Waals surface area contributed by atoms with Crippen LogP contribution in [0.1, 0.15) is 78.6 Å². The van der Waals surface area contributed by atoms with Gasteiger partial charge < -0.3 is 20.8 Å². The van der Waals surface area contributed by atoms with Crippen molar-refractivity contribution in [3.63, 3.8) is 0 Å². The van der Waals surface area contributed by atoms with E-state index in [4.69, 9.17) is 11.1 Å². The van der Waals surface area contributed by atoms with E-state index in [1.807, 2.05) is 25.2 Å². The van der Waals surface area contributed by atoms with Crippen LogP contribution in [0.5, 0.6) is 0 Å². The second kappa shape index (κ2) is 9.79. The van der Waals surface area contributed by atoms with E-state index in [9.17, 15) is 10.2 Å². The van der Waals surface area contributed by atoms with Crippen LogP contribution in [0.4, 0.5) is 0 Å². The van der Waals surface area contributed by atoms with Gasteiger partial charge in [0, 0.05) is 6.54 Å². The van der Waals surface area contributed by atoms with Crippen molar-refractivity contribution in [1.29, 1.82) is 5.41 Å². The lowest BCUT2D eigenvalue weighted by atomic mass is 9.41. The molecule has 0 radical (unpaired) electrons. The molecule has 1 unspecified atom stereocenters. The molecular formula is C28H49N5O2. The van der Waals surface area contributed by atoms with Crippen LogP contribution in [0.25, 0.3) is 0 Å². The normalized spacial score (nSPS) is 43.7. The number of hydrogen-bond donors (Lipinski definition) is 4. The Labute approximate surface area is 212 Å². The number of rotatable bonds is 6. The molecule has 4 aliphatic carbocycles. The van der Waals surface area contributed by atoms with Crippen molar-refractivity contribution in [2.24, 2.45) is 45.3 Å². The molecule has 35 heavy (non-hydrogen) atoms. The van der Waals surface area contributed by atoms with Gasteiger partial charge in [-0.05, 0) is 119 Å². The summed E-state index contributed by atoms with van der Waals surface area (Å²) in [5.74, 6) is 1.54. The summed E-state index contributed by atoms with van der Waals surface area (Å²) in [6.07, 6.45) is 13.3. The minimum absolute atomic E-state index is 0.0544. The molecule has 4 rings (SSSR count). The van der Waals surface area contributed by atoms with E-state index in [0.29, 0.717) is 24.3 Å². The molecule has 5 N–H and O–H groups in total. The smallest absolute Gasteiger partial charge is 0.209 e. The summed E-state index contributed by atoms with van der Waals surface area (Å²) in [6.45, 7) is 8.19. The number of nitrogens with two attached hydrogens (primary N) is 1. The number of likely N-dealkylation sites (N-methyl/N-ethyl adjacent to an activating group) is 1. The first-order chi connectivity index (χ1) is 16.4. The number of aliphatic hydroxyl groups excluding tert-OH is 1. The number of hydrogen-bond acceptors (Lipinski definition) is 5. The predicted molar refractivity (Wildman–Crippen MR) is 142 cm³/mol. The molecule has 4 aliphatic rings. The number of nitrogens with zero attached hydrogens (tertiary/aromatic N) is 3. The number of allylic oxidation sites excluding steroid dienone is 2. The van der Waals surface area contributed by atoms with Gasteiger partial charge in [0.25, 0.3) is 0 Å². The van der Waals surface area contributed by atoms with Crippen LogP contribution in [0.15, 0.2) is 16.8 Å². The standard InChI is InChI=1S/C28H49N5O2/c1-19(18-31-33(25(29)30)14-13-32(4)5)15-21-17-22(34)16-20-7-8-24-23(27(20,21)3)9-12-26(2)10-6-11-28(24,26)35/h15,18,20-24,34-35H,6-14,16-17H2,1-5H3,(H3,29,30)/b19-15+,31-18+/t20-,21?,22-,23+,24-,26+,27-,28+/m1/s1. The molecule has 0 heterocycles. The third kappa shape index (κ3) is 4.69. The highest BCUT2D eigenvalue weighted by Crippen LogP contribution is 2.68. The molecule has 4 fully saturated rings. The maximum absolute atomic E-state index is 12.1. The molecule has 0 aromatic heterocycles. The van der Waals surface area contributed by atoms with Crippen LogP contribution < -0.4 is 5.73 Å². The average Bonchev–Trinajstić information content (AvgIpc) is 3.09. The topological polar surface area (TPSA) is 109 Å². The third-order valence-electron chi connectivity index (χ3n) is 10.7. The molecular weight excluding hydrogens is 438 g/mol. The van der Waals surface area contributed by atoms with Crippen molar-refractivity contribution < 1.29 is 10.2 Å². The first kappa shape index (κ1) is 26.6. The molecule has 8 atom stereocenters. The highest BCUT2D eigenvalue weighted by molar-refractivity contribution is 5.80. The summed E-state index contributed by atoms with van der Waals surface area (Å²) in [6, 6.07) is 0. The van der Waals surface area contributed by atoms with Gasteiger partial charge in [0.05, 0.1) is 24.5 Å². The SMILES string of the molecule is CC(/C=N/N(CCN(C)C)C(=N)N)=C\C1C[C@H](O)C[C@H]2CC[C@@H]3[C@H](CC[C@]4(C)CCC[C@]34O)[C@@]12C. The van der Waals surface area contributed by atoms with Crippen molar-refractivity contribution in [1.82, 2.24) is 9.91 Å². The minimum Gasteiger partial charge on any atom is -0.393 e. The quantitative estimate of drug-likeness (QED) is 0.259. The zero-order chi connectivity index (χ0) is 25.6. The fraction of sp³-hybridized carbons (Fsp3) is 0.857. The number of aliphatic hydroxyl groups is 2. The van der Waals surface area contributed by atoms with E-state index in [1.165, 1.54) is 11.4 Å². The molecule has 0 aromatic rings. The maximum Gasteiger partial charge on any atom is 0.209 e. The highest BCUT2D eigenvalue weighted by Gasteiger charge is 2.65. The summed E-state index contributed by atoms with van der Waals surface area (Å²) in [7, 11) is 3.98. The van der Waals surface area contributed by atoms with Crippen molar-refractivity contribution in [2.75, 3.05) is 27.2 Å². The highest BCUT2D eigenvalue weighted by atomic mass is 16.3. The van der Waals surface area contributed by atoms with Gasteiger partial charge in [0.1, 0.15) is 0 Å². The second-order valence-corrected chi connectivity index (χ2v) is 12.9. The average molecular weight is 488 g/mol. The summed E-state index contributed by atoms with van der Waals surface area (Å²) < 4.78 is 0. The van der Waals surface area contributed by atoms with E-state index in [1.54, 1.807) is 0 Å². The van der Waals surface area contributed by atoms with Gasteiger partial charge in [-0.25, -0.2) is 5.01 Å². The summed E-state index contributed by atoms with van der Waals surface area (Å²) in [5, 5.41) is 36.8. The van der Waals surface area contributed by atoms with E-state index >= 15 is 0 Å². The first-order valence-corrected chi connectivity index (χ1v) is 13.8. The van der Waals surface area contributed by atoms with Gasteiger partial charge in [-0.1, -0.05) is 19.9 Å². The number of guanidine groups is 1. The number of hydrazone groups is 1. The van der Waals surface area contributed by atoms with Crippen LogP contribution in [-0.2, 0) is 0 Å². The van der Waals surface area contributed by atoms with E-state index in [2.05, 4.69) is 31.9 Å².